The first-order valence-corrected chi connectivity index (χ1v) is 8.58. The predicted octanol–water partition coefficient (Wildman–Crippen LogP) is 1.21. The van der Waals surface area contributed by atoms with Crippen molar-refractivity contribution in [2.24, 2.45) is 0 Å². The minimum Gasteiger partial charge on any atom is -0.375 e. The highest BCUT2D eigenvalue weighted by Crippen LogP contribution is 2.30. The molecule has 2 saturated heterocycles. The van der Waals surface area contributed by atoms with Gasteiger partial charge in [-0.3, -0.25) is 14.9 Å². The van der Waals surface area contributed by atoms with Gasteiger partial charge in [0.1, 0.15) is 5.69 Å². The highest BCUT2D eigenvalue weighted by Gasteiger charge is 2.27. The molecule has 1 amide bonds. The Kier molecular flexibility index (Phi) is 5.19. The van der Waals surface area contributed by atoms with Gasteiger partial charge in [0.2, 0.25) is 0 Å². The lowest BCUT2D eigenvalue weighted by atomic mass is 10.1. The van der Waals surface area contributed by atoms with Crippen LogP contribution in [0.15, 0.2) is 18.2 Å². The molecule has 2 aliphatic rings. The fourth-order valence-corrected chi connectivity index (χ4v) is 3.30. The molecule has 3 rings (SSSR count). The van der Waals surface area contributed by atoms with Crippen molar-refractivity contribution < 1.29 is 14.5 Å². The average Bonchev–Trinajstić information content (AvgIpc) is 2.61. The van der Waals surface area contributed by atoms with E-state index in [1.807, 2.05) is 18.9 Å². The lowest BCUT2D eigenvalue weighted by Crippen LogP contribution is -2.45. The summed E-state index contributed by atoms with van der Waals surface area (Å²) in [4.78, 5) is 29.7. The molecule has 0 spiro atoms. The molecule has 2 aliphatic heterocycles. The second-order valence-corrected chi connectivity index (χ2v) is 6.68. The Bertz CT molecular complexity index is 658. The number of hydrogen-bond donors (Lipinski definition) is 0. The molecule has 1 aromatic carbocycles. The van der Waals surface area contributed by atoms with Gasteiger partial charge in [0, 0.05) is 50.9 Å². The van der Waals surface area contributed by atoms with Crippen LogP contribution in [0.25, 0.3) is 0 Å². The fraction of sp³-hybridized carbons (Fsp3) is 0.588. The van der Waals surface area contributed by atoms with E-state index in [1.165, 1.54) is 6.07 Å². The molecule has 0 saturated carbocycles. The SMILES string of the molecule is CC1CN(C(=O)c2ccc(N3CCN(C)CC3)c([N+](=O)[O-])c2)CCO1. The van der Waals surface area contributed by atoms with Crippen molar-refractivity contribution in [3.8, 4) is 0 Å². The zero-order chi connectivity index (χ0) is 18.0. The smallest absolute Gasteiger partial charge is 0.293 e. The third-order valence-electron chi connectivity index (χ3n) is 4.79. The van der Waals surface area contributed by atoms with Crippen LogP contribution in [0.5, 0.6) is 0 Å². The molecule has 136 valence electrons. The minimum absolute atomic E-state index is 0.00305. The van der Waals surface area contributed by atoms with Crippen LogP contribution in [0.3, 0.4) is 0 Å². The average molecular weight is 348 g/mol. The van der Waals surface area contributed by atoms with Crippen LogP contribution in [0.1, 0.15) is 17.3 Å². The number of piperazine rings is 1. The molecule has 0 radical (unpaired) electrons. The number of carbonyl (C=O) groups is 1. The van der Waals surface area contributed by atoms with E-state index in [-0.39, 0.29) is 17.7 Å². The number of nitrogens with zero attached hydrogens (tertiary/aromatic N) is 4. The molecule has 0 aromatic heterocycles. The van der Waals surface area contributed by atoms with E-state index in [9.17, 15) is 14.9 Å². The Balaban J connectivity index is 1.83. The van der Waals surface area contributed by atoms with Crippen molar-refractivity contribution in [2.75, 3.05) is 57.8 Å². The number of likely N-dealkylation sites (N-methyl/N-ethyl adjacent to an activating group) is 1. The zero-order valence-electron chi connectivity index (χ0n) is 14.7. The maximum Gasteiger partial charge on any atom is 0.293 e. The van der Waals surface area contributed by atoms with E-state index >= 15 is 0 Å². The second-order valence-electron chi connectivity index (χ2n) is 6.68. The number of anilines is 1. The molecule has 0 bridgehead atoms. The van der Waals surface area contributed by atoms with Crippen LogP contribution in [0, 0.1) is 10.1 Å². The summed E-state index contributed by atoms with van der Waals surface area (Å²) >= 11 is 0. The van der Waals surface area contributed by atoms with Crippen LogP contribution >= 0.6 is 0 Å². The lowest BCUT2D eigenvalue weighted by Gasteiger charge is -2.34. The van der Waals surface area contributed by atoms with Crippen LogP contribution in [-0.4, -0.2) is 79.7 Å². The number of carbonyl (C=O) groups excluding carboxylic acids is 1. The summed E-state index contributed by atoms with van der Waals surface area (Å²) in [5.41, 5.74) is 0.945. The first kappa shape index (κ1) is 17.6. The van der Waals surface area contributed by atoms with Crippen LogP contribution in [-0.2, 0) is 4.74 Å². The quantitative estimate of drug-likeness (QED) is 0.603. The molecule has 1 aromatic rings. The monoisotopic (exact) mass is 348 g/mol. The molecule has 1 unspecified atom stereocenters. The molecule has 2 fully saturated rings. The highest BCUT2D eigenvalue weighted by atomic mass is 16.6. The predicted molar refractivity (Wildman–Crippen MR) is 94.1 cm³/mol. The summed E-state index contributed by atoms with van der Waals surface area (Å²) < 4.78 is 5.45. The molecule has 0 aliphatic carbocycles. The Morgan fingerprint density at radius 1 is 1.24 bits per heavy atom. The van der Waals surface area contributed by atoms with Gasteiger partial charge in [-0.25, -0.2) is 0 Å². The summed E-state index contributed by atoms with van der Waals surface area (Å²) in [6, 6.07) is 4.82. The number of morpholine rings is 1. The van der Waals surface area contributed by atoms with E-state index in [1.54, 1.807) is 17.0 Å². The Morgan fingerprint density at radius 2 is 1.96 bits per heavy atom. The van der Waals surface area contributed by atoms with Gasteiger partial charge in [-0.1, -0.05) is 0 Å². The van der Waals surface area contributed by atoms with E-state index < -0.39 is 4.92 Å². The van der Waals surface area contributed by atoms with Crippen LogP contribution < -0.4 is 4.90 Å². The summed E-state index contributed by atoms with van der Waals surface area (Å²) in [7, 11) is 2.04. The van der Waals surface area contributed by atoms with Crippen molar-refractivity contribution in [1.29, 1.82) is 0 Å². The molecule has 25 heavy (non-hydrogen) atoms. The van der Waals surface area contributed by atoms with Gasteiger partial charge in [-0.05, 0) is 26.1 Å². The van der Waals surface area contributed by atoms with Gasteiger partial charge in [-0.15, -0.1) is 0 Å². The van der Waals surface area contributed by atoms with E-state index in [0.717, 1.165) is 26.2 Å². The first-order valence-electron chi connectivity index (χ1n) is 8.58. The lowest BCUT2D eigenvalue weighted by molar-refractivity contribution is -0.384. The number of nitro groups is 1. The van der Waals surface area contributed by atoms with Crippen molar-refractivity contribution in [3.05, 3.63) is 33.9 Å². The molecular formula is C17H24N4O4. The van der Waals surface area contributed by atoms with Crippen molar-refractivity contribution in [1.82, 2.24) is 9.80 Å². The number of rotatable bonds is 3. The van der Waals surface area contributed by atoms with E-state index in [2.05, 4.69) is 4.90 Å². The molecule has 8 heteroatoms. The number of amides is 1. The largest absolute Gasteiger partial charge is 0.375 e. The van der Waals surface area contributed by atoms with E-state index in [4.69, 9.17) is 4.74 Å². The Hall–Kier alpha value is -2.19. The minimum atomic E-state index is -0.396. The fourth-order valence-electron chi connectivity index (χ4n) is 3.30. The summed E-state index contributed by atoms with van der Waals surface area (Å²) in [5.74, 6) is -0.178. The molecule has 1 atom stereocenters. The standard InChI is InChI=1S/C17H24N4O4/c1-13-12-20(9-10-25-13)17(22)14-3-4-15(16(11-14)21(23)24)19-7-5-18(2)6-8-19/h3-4,11,13H,5-10,12H2,1-2H3. The van der Waals surface area contributed by atoms with Gasteiger partial charge in [0.05, 0.1) is 17.6 Å². The summed E-state index contributed by atoms with van der Waals surface area (Å²) in [6.45, 7) is 6.64. The normalized spacial score (nSPS) is 22.1. The topological polar surface area (TPSA) is 79.2 Å². The Labute approximate surface area is 147 Å². The third kappa shape index (κ3) is 3.91. The van der Waals surface area contributed by atoms with Crippen LogP contribution in [0.2, 0.25) is 0 Å². The van der Waals surface area contributed by atoms with Gasteiger partial charge in [0.15, 0.2) is 0 Å². The molecule has 0 N–H and O–H groups in total. The van der Waals surface area contributed by atoms with Gasteiger partial charge < -0.3 is 19.4 Å². The maximum atomic E-state index is 12.7. The zero-order valence-corrected chi connectivity index (χ0v) is 14.7. The second kappa shape index (κ2) is 7.37. The molecular weight excluding hydrogens is 324 g/mol. The van der Waals surface area contributed by atoms with Crippen molar-refractivity contribution in [2.45, 2.75) is 13.0 Å². The van der Waals surface area contributed by atoms with Gasteiger partial charge in [-0.2, -0.15) is 0 Å². The van der Waals surface area contributed by atoms with Crippen molar-refractivity contribution >= 4 is 17.3 Å². The summed E-state index contributed by atoms with van der Waals surface area (Å²) in [5, 5.41) is 11.6. The number of nitro benzene ring substituents is 1. The number of benzene rings is 1. The van der Waals surface area contributed by atoms with Crippen LogP contribution in [0.4, 0.5) is 11.4 Å². The molecule has 8 nitrogen and oxygen atoms in total. The highest BCUT2D eigenvalue weighted by molar-refractivity contribution is 5.96. The van der Waals surface area contributed by atoms with Gasteiger partial charge in [0.25, 0.3) is 11.6 Å². The number of hydrogen-bond acceptors (Lipinski definition) is 6. The van der Waals surface area contributed by atoms with Crippen molar-refractivity contribution in [3.63, 3.8) is 0 Å². The number of ether oxygens (including phenoxy) is 1. The third-order valence-corrected chi connectivity index (χ3v) is 4.79. The van der Waals surface area contributed by atoms with E-state index in [0.29, 0.717) is 30.9 Å². The van der Waals surface area contributed by atoms with Gasteiger partial charge >= 0.3 is 0 Å². The maximum absolute atomic E-state index is 12.7. The molecule has 2 heterocycles. The Morgan fingerprint density at radius 3 is 2.60 bits per heavy atom. The first-order chi connectivity index (χ1) is 12.0. The summed E-state index contributed by atoms with van der Waals surface area (Å²) in [6.07, 6.45) is -0.0164.